The van der Waals surface area contributed by atoms with E-state index in [1.807, 2.05) is 30.3 Å². The molecule has 0 heterocycles. The molecule has 0 aliphatic rings. The summed E-state index contributed by atoms with van der Waals surface area (Å²) in [6.07, 6.45) is 0. The van der Waals surface area contributed by atoms with Crippen molar-refractivity contribution in [3.8, 4) is 0 Å². The minimum absolute atomic E-state index is 0.0186. The van der Waals surface area contributed by atoms with Crippen molar-refractivity contribution in [2.45, 2.75) is 6.54 Å². The predicted molar refractivity (Wildman–Crippen MR) is 71.7 cm³/mol. The van der Waals surface area contributed by atoms with Gasteiger partial charge in [0, 0.05) is 11.3 Å². The number of aliphatic imine (C=N–C) groups is 1. The van der Waals surface area contributed by atoms with Gasteiger partial charge in [0.15, 0.2) is 5.96 Å². The number of hydrogen-bond acceptors (Lipinski definition) is 1. The highest BCUT2D eigenvalue weighted by Gasteiger charge is 2.03. The number of nitrogens with two attached hydrogens (primary N) is 1. The van der Waals surface area contributed by atoms with Gasteiger partial charge in [-0.2, -0.15) is 0 Å². The largest absolute Gasteiger partial charge is 0.370 e. The van der Waals surface area contributed by atoms with E-state index < -0.39 is 11.6 Å². The summed E-state index contributed by atoms with van der Waals surface area (Å²) in [5.41, 5.74) is 6.61. The van der Waals surface area contributed by atoms with Crippen molar-refractivity contribution in [1.82, 2.24) is 0 Å². The molecule has 2 aromatic rings. The fourth-order valence-electron chi connectivity index (χ4n) is 1.54. The highest BCUT2D eigenvalue weighted by atomic mass is 19.1. The van der Waals surface area contributed by atoms with Crippen LogP contribution in [0.2, 0.25) is 0 Å². The summed E-state index contributed by atoms with van der Waals surface area (Å²) in [4.78, 5) is 3.97. The average molecular weight is 261 g/mol. The van der Waals surface area contributed by atoms with Gasteiger partial charge in [0.05, 0.1) is 6.54 Å². The molecule has 0 radical (unpaired) electrons. The second-order valence-electron chi connectivity index (χ2n) is 3.93. The molecule has 0 aliphatic carbocycles. The number of halogens is 2. The van der Waals surface area contributed by atoms with Gasteiger partial charge >= 0.3 is 0 Å². The Balaban J connectivity index is 2.04. The van der Waals surface area contributed by atoms with Crippen LogP contribution < -0.4 is 11.1 Å². The average Bonchev–Trinajstić information content (AvgIpc) is 2.41. The lowest BCUT2D eigenvalue weighted by molar-refractivity contribution is 0.586. The summed E-state index contributed by atoms with van der Waals surface area (Å²) in [6, 6.07) is 12.5. The summed E-state index contributed by atoms with van der Waals surface area (Å²) in [7, 11) is 0. The van der Waals surface area contributed by atoms with Crippen molar-refractivity contribution in [1.29, 1.82) is 0 Å². The lowest BCUT2D eigenvalue weighted by Crippen LogP contribution is -2.22. The Hall–Kier alpha value is -2.43. The zero-order valence-corrected chi connectivity index (χ0v) is 10.1. The lowest BCUT2D eigenvalue weighted by atomic mass is 10.2. The van der Waals surface area contributed by atoms with Gasteiger partial charge < -0.3 is 11.1 Å². The summed E-state index contributed by atoms with van der Waals surface area (Å²) in [5.74, 6) is -0.853. The van der Waals surface area contributed by atoms with E-state index in [9.17, 15) is 8.78 Å². The second kappa shape index (κ2) is 5.95. The van der Waals surface area contributed by atoms with Gasteiger partial charge in [-0.3, -0.25) is 0 Å². The quantitative estimate of drug-likeness (QED) is 0.659. The molecule has 0 spiro atoms. The zero-order chi connectivity index (χ0) is 13.7. The van der Waals surface area contributed by atoms with E-state index in [1.165, 1.54) is 0 Å². The number of nitrogens with one attached hydrogen (secondary N) is 1. The summed E-state index contributed by atoms with van der Waals surface area (Å²) in [6.45, 7) is -0.0186. The lowest BCUT2D eigenvalue weighted by Gasteiger charge is -2.05. The first kappa shape index (κ1) is 13.0. The van der Waals surface area contributed by atoms with E-state index in [2.05, 4.69) is 10.3 Å². The van der Waals surface area contributed by atoms with E-state index in [-0.39, 0.29) is 18.1 Å². The number of anilines is 1. The van der Waals surface area contributed by atoms with Crippen molar-refractivity contribution < 1.29 is 8.78 Å². The van der Waals surface area contributed by atoms with Crippen molar-refractivity contribution in [2.24, 2.45) is 10.7 Å². The molecule has 3 nitrogen and oxygen atoms in total. The van der Waals surface area contributed by atoms with Crippen LogP contribution in [0, 0.1) is 11.6 Å². The maximum Gasteiger partial charge on any atom is 0.193 e. The number of para-hydroxylation sites is 1. The Kier molecular flexibility index (Phi) is 4.07. The summed E-state index contributed by atoms with van der Waals surface area (Å²) < 4.78 is 26.3. The molecular formula is C14H13F2N3. The second-order valence-corrected chi connectivity index (χ2v) is 3.93. The maximum atomic E-state index is 13.3. The molecule has 98 valence electrons. The third-order valence-corrected chi connectivity index (χ3v) is 2.47. The SMILES string of the molecule is NC(=NCc1cc(F)ccc1F)Nc1ccccc1. The molecule has 0 bridgehead atoms. The molecule has 0 atom stereocenters. The smallest absolute Gasteiger partial charge is 0.193 e. The van der Waals surface area contributed by atoms with Crippen LogP contribution in [0.15, 0.2) is 53.5 Å². The Labute approximate surface area is 109 Å². The normalized spacial score (nSPS) is 11.4. The minimum Gasteiger partial charge on any atom is -0.370 e. The molecule has 5 heteroatoms. The molecule has 0 amide bonds. The van der Waals surface area contributed by atoms with Gasteiger partial charge in [-0.05, 0) is 30.3 Å². The molecule has 0 fully saturated rings. The maximum absolute atomic E-state index is 13.3. The first-order valence-corrected chi connectivity index (χ1v) is 5.71. The van der Waals surface area contributed by atoms with Crippen LogP contribution in [0.5, 0.6) is 0 Å². The van der Waals surface area contributed by atoms with Crippen LogP contribution >= 0.6 is 0 Å². The zero-order valence-electron chi connectivity index (χ0n) is 10.1. The van der Waals surface area contributed by atoms with Crippen LogP contribution in [-0.2, 0) is 6.54 Å². The first-order chi connectivity index (χ1) is 9.15. The molecule has 0 saturated carbocycles. The Morgan fingerprint density at radius 1 is 1.11 bits per heavy atom. The van der Waals surface area contributed by atoms with E-state index in [4.69, 9.17) is 5.73 Å². The van der Waals surface area contributed by atoms with E-state index >= 15 is 0 Å². The van der Waals surface area contributed by atoms with Gasteiger partial charge in [0.2, 0.25) is 0 Å². The number of rotatable bonds is 3. The first-order valence-electron chi connectivity index (χ1n) is 5.71. The standard InChI is InChI=1S/C14H13F2N3/c15-11-6-7-13(16)10(8-11)9-18-14(17)19-12-4-2-1-3-5-12/h1-8H,9H2,(H3,17,18,19). The van der Waals surface area contributed by atoms with Crippen LogP contribution in [0.25, 0.3) is 0 Å². The fourth-order valence-corrected chi connectivity index (χ4v) is 1.54. The van der Waals surface area contributed by atoms with E-state index in [0.717, 1.165) is 23.9 Å². The molecule has 0 saturated heterocycles. The third kappa shape index (κ3) is 3.77. The topological polar surface area (TPSA) is 50.4 Å². The monoisotopic (exact) mass is 261 g/mol. The Morgan fingerprint density at radius 2 is 1.84 bits per heavy atom. The molecule has 2 aromatic carbocycles. The highest BCUT2D eigenvalue weighted by Crippen LogP contribution is 2.11. The van der Waals surface area contributed by atoms with E-state index in [1.54, 1.807) is 0 Å². The molecule has 3 N–H and O–H groups in total. The summed E-state index contributed by atoms with van der Waals surface area (Å²) in [5, 5.41) is 2.86. The van der Waals surface area contributed by atoms with Crippen LogP contribution in [0.3, 0.4) is 0 Å². The highest BCUT2D eigenvalue weighted by molar-refractivity contribution is 5.92. The van der Waals surface area contributed by atoms with Crippen LogP contribution in [-0.4, -0.2) is 5.96 Å². The Bertz CT molecular complexity index is 582. The number of hydrogen-bond donors (Lipinski definition) is 2. The van der Waals surface area contributed by atoms with Gasteiger partial charge in [0.1, 0.15) is 11.6 Å². The van der Waals surface area contributed by atoms with E-state index in [0.29, 0.717) is 0 Å². The van der Waals surface area contributed by atoms with Gasteiger partial charge in [0.25, 0.3) is 0 Å². The molecule has 19 heavy (non-hydrogen) atoms. The van der Waals surface area contributed by atoms with Crippen LogP contribution in [0.1, 0.15) is 5.56 Å². The molecule has 0 unspecified atom stereocenters. The van der Waals surface area contributed by atoms with Crippen LogP contribution in [0.4, 0.5) is 14.5 Å². The Morgan fingerprint density at radius 3 is 2.58 bits per heavy atom. The van der Waals surface area contributed by atoms with Crippen molar-refractivity contribution in [3.63, 3.8) is 0 Å². The predicted octanol–water partition coefficient (Wildman–Crippen LogP) is 2.89. The molecule has 0 aromatic heterocycles. The minimum atomic E-state index is -0.502. The number of nitrogens with zero attached hydrogens (tertiary/aromatic N) is 1. The van der Waals surface area contributed by atoms with Gasteiger partial charge in [-0.15, -0.1) is 0 Å². The number of benzene rings is 2. The fraction of sp³-hybridized carbons (Fsp3) is 0.0714. The number of guanidine groups is 1. The molecule has 2 rings (SSSR count). The van der Waals surface area contributed by atoms with Gasteiger partial charge in [-0.1, -0.05) is 18.2 Å². The van der Waals surface area contributed by atoms with Crippen molar-refractivity contribution in [3.05, 3.63) is 65.7 Å². The van der Waals surface area contributed by atoms with Crippen molar-refractivity contribution in [2.75, 3.05) is 5.32 Å². The summed E-state index contributed by atoms with van der Waals surface area (Å²) >= 11 is 0. The van der Waals surface area contributed by atoms with Gasteiger partial charge in [-0.25, -0.2) is 13.8 Å². The molecule has 0 aliphatic heterocycles. The third-order valence-electron chi connectivity index (χ3n) is 2.47. The van der Waals surface area contributed by atoms with Crippen molar-refractivity contribution >= 4 is 11.6 Å². The molecular weight excluding hydrogens is 248 g/mol.